The fourth-order valence-electron chi connectivity index (χ4n) is 1.64. The molecule has 0 aliphatic heterocycles. The van der Waals surface area contributed by atoms with Gasteiger partial charge in [0.1, 0.15) is 5.82 Å². The predicted molar refractivity (Wildman–Crippen MR) is 62.5 cm³/mol. The molecule has 2 rings (SSSR count). The predicted octanol–water partition coefficient (Wildman–Crippen LogP) is 3.55. The average molecular weight is 216 g/mol. The van der Waals surface area contributed by atoms with Crippen LogP contribution in [0, 0.1) is 5.82 Å². The van der Waals surface area contributed by atoms with Gasteiger partial charge in [-0.1, -0.05) is 42.5 Å². The molecule has 2 heteroatoms. The number of halogens is 1. The van der Waals surface area contributed by atoms with Gasteiger partial charge in [0.15, 0.2) is 0 Å². The molecule has 0 unspecified atom stereocenters. The van der Waals surface area contributed by atoms with Crippen LogP contribution in [-0.2, 0) is 0 Å². The maximum Gasteiger partial charge on any atom is 0.131 e. The Morgan fingerprint density at radius 3 is 2.31 bits per heavy atom. The molecule has 0 heterocycles. The lowest BCUT2D eigenvalue weighted by Gasteiger charge is -2.08. The summed E-state index contributed by atoms with van der Waals surface area (Å²) >= 11 is 0. The summed E-state index contributed by atoms with van der Waals surface area (Å²) in [6, 6.07) is 14.2. The summed E-state index contributed by atoms with van der Waals surface area (Å²) in [4.78, 5) is 0. The Morgan fingerprint density at radius 2 is 1.75 bits per heavy atom. The summed E-state index contributed by atoms with van der Waals surface area (Å²) in [6.07, 6.45) is -0.640. The molecule has 0 spiro atoms. The largest absolute Gasteiger partial charge is 0.389 e. The lowest BCUT2D eigenvalue weighted by atomic mass is 10.0. The summed E-state index contributed by atoms with van der Waals surface area (Å²) in [6.45, 7) is 1.62. The van der Waals surface area contributed by atoms with E-state index in [1.54, 1.807) is 19.1 Å². The molecule has 82 valence electrons. The van der Waals surface area contributed by atoms with Crippen molar-refractivity contribution in [3.63, 3.8) is 0 Å². The molecule has 1 atom stereocenters. The van der Waals surface area contributed by atoms with Crippen LogP contribution < -0.4 is 0 Å². The van der Waals surface area contributed by atoms with Crippen LogP contribution in [0.2, 0.25) is 0 Å². The number of rotatable bonds is 2. The second-order valence-electron chi connectivity index (χ2n) is 3.78. The quantitative estimate of drug-likeness (QED) is 0.814. The Bertz CT molecular complexity index is 477. The summed E-state index contributed by atoms with van der Waals surface area (Å²) < 4.78 is 13.8. The van der Waals surface area contributed by atoms with Crippen LogP contribution in [0.3, 0.4) is 0 Å². The molecule has 0 aliphatic rings. The fourth-order valence-corrected chi connectivity index (χ4v) is 1.64. The van der Waals surface area contributed by atoms with Crippen LogP contribution in [-0.4, -0.2) is 5.11 Å². The van der Waals surface area contributed by atoms with E-state index in [4.69, 9.17) is 0 Å². The van der Waals surface area contributed by atoms with Crippen molar-refractivity contribution in [1.82, 2.24) is 0 Å². The van der Waals surface area contributed by atoms with Crippen LogP contribution in [0.25, 0.3) is 11.1 Å². The molecule has 2 aromatic rings. The van der Waals surface area contributed by atoms with Gasteiger partial charge < -0.3 is 5.11 Å². The molecule has 1 nitrogen and oxygen atoms in total. The zero-order valence-corrected chi connectivity index (χ0v) is 9.02. The Kier molecular flexibility index (Phi) is 3.02. The number of hydrogen-bond donors (Lipinski definition) is 1. The molecule has 0 saturated carbocycles. The van der Waals surface area contributed by atoms with Crippen molar-refractivity contribution in [1.29, 1.82) is 0 Å². The highest BCUT2D eigenvalue weighted by atomic mass is 19.1. The zero-order valence-electron chi connectivity index (χ0n) is 9.02. The lowest BCUT2D eigenvalue weighted by Crippen LogP contribution is -1.93. The van der Waals surface area contributed by atoms with Gasteiger partial charge in [0, 0.05) is 5.56 Å². The Hall–Kier alpha value is -1.67. The minimum atomic E-state index is -0.640. The normalized spacial score (nSPS) is 12.4. The molecule has 16 heavy (non-hydrogen) atoms. The third kappa shape index (κ3) is 2.12. The summed E-state index contributed by atoms with van der Waals surface area (Å²) in [7, 11) is 0. The van der Waals surface area contributed by atoms with E-state index in [1.807, 2.05) is 30.3 Å². The Balaban J connectivity index is 2.45. The van der Waals surface area contributed by atoms with Crippen molar-refractivity contribution in [3.8, 4) is 11.1 Å². The van der Waals surface area contributed by atoms with Crippen LogP contribution in [0.5, 0.6) is 0 Å². The van der Waals surface area contributed by atoms with Crippen molar-refractivity contribution < 1.29 is 9.50 Å². The molecule has 0 aromatic heterocycles. The van der Waals surface area contributed by atoms with Crippen molar-refractivity contribution >= 4 is 0 Å². The molecule has 0 aliphatic carbocycles. The molecular formula is C14H13FO. The van der Waals surface area contributed by atoms with E-state index in [1.165, 1.54) is 6.07 Å². The van der Waals surface area contributed by atoms with E-state index in [0.29, 0.717) is 11.1 Å². The Morgan fingerprint density at radius 1 is 1.06 bits per heavy atom. The van der Waals surface area contributed by atoms with Gasteiger partial charge in [0.2, 0.25) is 0 Å². The number of benzene rings is 2. The van der Waals surface area contributed by atoms with Gasteiger partial charge in [-0.3, -0.25) is 0 Å². The van der Waals surface area contributed by atoms with Gasteiger partial charge in [-0.15, -0.1) is 0 Å². The zero-order chi connectivity index (χ0) is 11.5. The molecule has 0 fully saturated rings. The first-order chi connectivity index (χ1) is 7.68. The molecule has 0 bridgehead atoms. The van der Waals surface area contributed by atoms with E-state index >= 15 is 0 Å². The van der Waals surface area contributed by atoms with Crippen LogP contribution in [0.15, 0.2) is 48.5 Å². The third-order valence-electron chi connectivity index (χ3n) is 2.56. The minimum absolute atomic E-state index is 0.301. The molecule has 0 amide bonds. The fraction of sp³-hybridized carbons (Fsp3) is 0.143. The molecule has 0 saturated heterocycles. The van der Waals surface area contributed by atoms with E-state index in [2.05, 4.69) is 0 Å². The highest BCUT2D eigenvalue weighted by Gasteiger charge is 2.07. The van der Waals surface area contributed by atoms with Crippen molar-refractivity contribution in [2.24, 2.45) is 0 Å². The van der Waals surface area contributed by atoms with Gasteiger partial charge in [-0.25, -0.2) is 4.39 Å². The van der Waals surface area contributed by atoms with Crippen LogP contribution in [0.4, 0.5) is 4.39 Å². The molecule has 2 aromatic carbocycles. The van der Waals surface area contributed by atoms with E-state index in [9.17, 15) is 9.50 Å². The highest BCUT2D eigenvalue weighted by molar-refractivity contribution is 5.64. The maximum absolute atomic E-state index is 13.8. The van der Waals surface area contributed by atoms with Gasteiger partial charge in [0.25, 0.3) is 0 Å². The van der Waals surface area contributed by atoms with Gasteiger partial charge in [-0.2, -0.15) is 0 Å². The number of aliphatic hydroxyl groups is 1. The summed E-state index contributed by atoms with van der Waals surface area (Å²) in [5, 5.41) is 9.34. The monoisotopic (exact) mass is 216 g/mol. The second kappa shape index (κ2) is 4.45. The third-order valence-corrected chi connectivity index (χ3v) is 2.56. The highest BCUT2D eigenvalue weighted by Crippen LogP contribution is 2.25. The number of hydrogen-bond acceptors (Lipinski definition) is 1. The number of aliphatic hydroxyl groups excluding tert-OH is 1. The van der Waals surface area contributed by atoms with Crippen molar-refractivity contribution in [2.75, 3.05) is 0 Å². The summed E-state index contributed by atoms with van der Waals surface area (Å²) in [5.74, 6) is -0.301. The Labute approximate surface area is 94.2 Å². The smallest absolute Gasteiger partial charge is 0.131 e. The van der Waals surface area contributed by atoms with Gasteiger partial charge in [0.05, 0.1) is 6.10 Å². The van der Waals surface area contributed by atoms with Crippen molar-refractivity contribution in [2.45, 2.75) is 13.0 Å². The van der Waals surface area contributed by atoms with Gasteiger partial charge in [-0.05, 0) is 24.1 Å². The minimum Gasteiger partial charge on any atom is -0.389 e. The first-order valence-electron chi connectivity index (χ1n) is 5.21. The molecular weight excluding hydrogens is 203 g/mol. The first kappa shape index (κ1) is 10.8. The van der Waals surface area contributed by atoms with Crippen molar-refractivity contribution in [3.05, 3.63) is 59.9 Å². The second-order valence-corrected chi connectivity index (χ2v) is 3.78. The van der Waals surface area contributed by atoms with Gasteiger partial charge >= 0.3 is 0 Å². The van der Waals surface area contributed by atoms with Crippen LogP contribution in [0.1, 0.15) is 18.6 Å². The maximum atomic E-state index is 13.8. The lowest BCUT2D eigenvalue weighted by molar-refractivity contribution is 0.199. The van der Waals surface area contributed by atoms with E-state index in [0.717, 1.165) is 5.56 Å². The standard InChI is InChI=1S/C14H13FO/c1-10(16)12-7-8-13(14(15)9-12)11-5-3-2-4-6-11/h2-10,16H,1H3/t10-/m1/s1. The van der Waals surface area contributed by atoms with Crippen LogP contribution >= 0.6 is 0 Å². The molecule has 0 radical (unpaired) electrons. The SMILES string of the molecule is C[C@@H](O)c1ccc(-c2ccccc2)c(F)c1. The summed E-state index contributed by atoms with van der Waals surface area (Å²) in [5.41, 5.74) is 2.00. The van der Waals surface area contributed by atoms with E-state index < -0.39 is 6.10 Å². The topological polar surface area (TPSA) is 20.2 Å². The molecule has 1 N–H and O–H groups in total. The van der Waals surface area contributed by atoms with E-state index in [-0.39, 0.29) is 5.82 Å². The first-order valence-corrected chi connectivity index (χ1v) is 5.21. The average Bonchev–Trinajstić information content (AvgIpc) is 2.30.